The molecule has 0 atom stereocenters. The fourth-order valence-electron chi connectivity index (χ4n) is 1.28. The summed E-state index contributed by atoms with van der Waals surface area (Å²) in [7, 11) is 0. The van der Waals surface area contributed by atoms with Crippen LogP contribution in [-0.4, -0.2) is 15.7 Å². The van der Waals surface area contributed by atoms with Crippen LogP contribution in [0.2, 0.25) is 5.15 Å². The van der Waals surface area contributed by atoms with Crippen molar-refractivity contribution in [1.29, 1.82) is 0 Å². The van der Waals surface area contributed by atoms with Gasteiger partial charge in [-0.05, 0) is 18.6 Å². The molecule has 0 saturated carbocycles. The van der Waals surface area contributed by atoms with Crippen molar-refractivity contribution in [3.63, 3.8) is 0 Å². The van der Waals surface area contributed by atoms with Gasteiger partial charge in [0.05, 0.1) is 5.52 Å². The Balaban J connectivity index is 2.43. The fourth-order valence-corrected chi connectivity index (χ4v) is 2.27. The van der Waals surface area contributed by atoms with Gasteiger partial charge in [0.25, 0.3) is 0 Å². The van der Waals surface area contributed by atoms with E-state index in [2.05, 4.69) is 16.9 Å². The highest BCUT2D eigenvalue weighted by atomic mass is 35.5. The average Bonchev–Trinajstić information content (AvgIpc) is 2.26. The topological polar surface area (TPSA) is 25.8 Å². The fraction of sp³-hybridized carbons (Fsp3) is 0.273. The van der Waals surface area contributed by atoms with Crippen LogP contribution in [0.1, 0.15) is 13.3 Å². The molecule has 4 heteroatoms. The highest BCUT2D eigenvalue weighted by Crippen LogP contribution is 2.24. The third kappa shape index (κ3) is 2.41. The molecule has 0 unspecified atom stereocenters. The molecule has 0 amide bonds. The summed E-state index contributed by atoms with van der Waals surface area (Å²) in [5.41, 5.74) is 0.913. The first kappa shape index (κ1) is 10.7. The summed E-state index contributed by atoms with van der Waals surface area (Å²) in [4.78, 5) is 8.70. The number of halogens is 1. The number of hydrogen-bond donors (Lipinski definition) is 0. The van der Waals surface area contributed by atoms with E-state index in [1.807, 2.05) is 24.3 Å². The van der Waals surface area contributed by atoms with E-state index in [4.69, 9.17) is 11.6 Å². The monoisotopic (exact) mass is 238 g/mol. The lowest BCUT2D eigenvalue weighted by molar-refractivity contribution is 0.995. The Morgan fingerprint density at radius 3 is 2.87 bits per heavy atom. The number of benzene rings is 1. The normalized spacial score (nSPS) is 10.8. The Labute approximate surface area is 98.1 Å². The molecule has 1 aromatic carbocycles. The van der Waals surface area contributed by atoms with Gasteiger partial charge in [0.2, 0.25) is 0 Å². The van der Waals surface area contributed by atoms with Crippen molar-refractivity contribution in [3.8, 4) is 0 Å². The largest absolute Gasteiger partial charge is 0.222 e. The Morgan fingerprint density at radius 2 is 2.07 bits per heavy atom. The minimum atomic E-state index is 0.541. The van der Waals surface area contributed by atoms with Crippen LogP contribution in [0.15, 0.2) is 29.4 Å². The molecule has 1 aromatic heterocycles. The predicted octanol–water partition coefficient (Wildman–Crippen LogP) is 3.79. The molecule has 2 aromatic rings. The Morgan fingerprint density at radius 1 is 1.27 bits per heavy atom. The second-order valence-electron chi connectivity index (χ2n) is 3.16. The van der Waals surface area contributed by atoms with E-state index < -0.39 is 0 Å². The summed E-state index contributed by atoms with van der Waals surface area (Å²) in [6, 6.07) is 7.79. The smallest absolute Gasteiger partial charge is 0.189 e. The first-order valence-electron chi connectivity index (χ1n) is 4.86. The van der Waals surface area contributed by atoms with Crippen molar-refractivity contribution in [2.24, 2.45) is 0 Å². The summed E-state index contributed by atoms with van der Waals surface area (Å²) >= 11 is 7.72. The molecule has 1 heterocycles. The van der Waals surface area contributed by atoms with E-state index in [-0.39, 0.29) is 0 Å². The molecule has 0 radical (unpaired) electrons. The molecule has 15 heavy (non-hydrogen) atoms. The van der Waals surface area contributed by atoms with E-state index in [1.165, 1.54) is 0 Å². The summed E-state index contributed by atoms with van der Waals surface area (Å²) in [5, 5.41) is 2.22. The minimum Gasteiger partial charge on any atom is -0.222 e. The number of rotatable bonds is 3. The predicted molar refractivity (Wildman–Crippen MR) is 65.6 cm³/mol. The number of fused-ring (bicyclic) bond motifs is 1. The minimum absolute atomic E-state index is 0.541. The summed E-state index contributed by atoms with van der Waals surface area (Å²) in [5.74, 6) is 1.02. The average molecular weight is 239 g/mol. The number of hydrogen-bond acceptors (Lipinski definition) is 3. The Bertz CT molecular complexity index is 473. The zero-order chi connectivity index (χ0) is 10.7. The quantitative estimate of drug-likeness (QED) is 0.462. The van der Waals surface area contributed by atoms with Crippen molar-refractivity contribution < 1.29 is 0 Å². The van der Waals surface area contributed by atoms with E-state index in [0.717, 1.165) is 28.2 Å². The van der Waals surface area contributed by atoms with Crippen LogP contribution in [0, 0.1) is 0 Å². The highest BCUT2D eigenvalue weighted by molar-refractivity contribution is 7.99. The molecule has 2 nitrogen and oxygen atoms in total. The SMILES string of the molecule is CCCSc1nc(Cl)c2ccccc2n1. The van der Waals surface area contributed by atoms with Crippen LogP contribution in [-0.2, 0) is 0 Å². The maximum absolute atomic E-state index is 6.08. The van der Waals surface area contributed by atoms with Crippen molar-refractivity contribution in [3.05, 3.63) is 29.4 Å². The van der Waals surface area contributed by atoms with Crippen molar-refractivity contribution in [1.82, 2.24) is 9.97 Å². The Kier molecular flexibility index (Phi) is 3.44. The standard InChI is InChI=1S/C11H11ClN2S/c1-2-7-15-11-13-9-6-4-3-5-8(9)10(12)14-11/h3-6H,2,7H2,1H3. The first-order valence-corrected chi connectivity index (χ1v) is 6.22. The van der Waals surface area contributed by atoms with Gasteiger partial charge in [-0.25, -0.2) is 9.97 Å². The molecule has 0 spiro atoms. The van der Waals surface area contributed by atoms with Crippen LogP contribution < -0.4 is 0 Å². The molecule has 0 aliphatic rings. The van der Waals surface area contributed by atoms with Gasteiger partial charge in [0.1, 0.15) is 5.15 Å². The van der Waals surface area contributed by atoms with E-state index >= 15 is 0 Å². The molecule has 0 bridgehead atoms. The van der Waals surface area contributed by atoms with Gasteiger partial charge < -0.3 is 0 Å². The summed E-state index contributed by atoms with van der Waals surface area (Å²) in [6.45, 7) is 2.13. The van der Waals surface area contributed by atoms with Gasteiger partial charge in [-0.15, -0.1) is 0 Å². The lowest BCUT2D eigenvalue weighted by Gasteiger charge is -2.02. The lowest BCUT2D eigenvalue weighted by Crippen LogP contribution is -1.90. The second kappa shape index (κ2) is 4.81. The van der Waals surface area contributed by atoms with Crippen molar-refractivity contribution >= 4 is 34.3 Å². The summed E-state index contributed by atoms with van der Waals surface area (Å²) < 4.78 is 0. The second-order valence-corrected chi connectivity index (χ2v) is 4.58. The number of para-hydroxylation sites is 1. The molecule has 0 saturated heterocycles. The number of aromatic nitrogens is 2. The molecule has 0 aliphatic heterocycles. The molecule has 78 valence electrons. The van der Waals surface area contributed by atoms with Gasteiger partial charge in [-0.2, -0.15) is 0 Å². The van der Waals surface area contributed by atoms with Gasteiger partial charge in [0.15, 0.2) is 5.16 Å². The summed E-state index contributed by atoms with van der Waals surface area (Å²) in [6.07, 6.45) is 1.11. The third-order valence-corrected chi connectivity index (χ3v) is 3.31. The van der Waals surface area contributed by atoms with Gasteiger partial charge >= 0.3 is 0 Å². The maximum Gasteiger partial charge on any atom is 0.189 e. The van der Waals surface area contributed by atoms with Crippen LogP contribution in [0.25, 0.3) is 10.9 Å². The van der Waals surface area contributed by atoms with Gasteiger partial charge in [-0.3, -0.25) is 0 Å². The van der Waals surface area contributed by atoms with E-state index in [1.54, 1.807) is 11.8 Å². The van der Waals surface area contributed by atoms with E-state index in [0.29, 0.717) is 5.15 Å². The number of thioether (sulfide) groups is 1. The molecular formula is C11H11ClN2S. The lowest BCUT2D eigenvalue weighted by atomic mass is 10.2. The van der Waals surface area contributed by atoms with Crippen molar-refractivity contribution in [2.75, 3.05) is 5.75 Å². The van der Waals surface area contributed by atoms with Crippen LogP contribution in [0.3, 0.4) is 0 Å². The molecule has 0 N–H and O–H groups in total. The van der Waals surface area contributed by atoms with Crippen molar-refractivity contribution in [2.45, 2.75) is 18.5 Å². The van der Waals surface area contributed by atoms with E-state index in [9.17, 15) is 0 Å². The maximum atomic E-state index is 6.08. The first-order chi connectivity index (χ1) is 7.31. The highest BCUT2D eigenvalue weighted by Gasteiger charge is 2.04. The van der Waals surface area contributed by atoms with Crippen LogP contribution in [0.4, 0.5) is 0 Å². The van der Waals surface area contributed by atoms with Crippen LogP contribution >= 0.6 is 23.4 Å². The Hall–Kier alpha value is -0.800. The van der Waals surface area contributed by atoms with Gasteiger partial charge in [-0.1, -0.05) is 42.4 Å². The molecule has 2 rings (SSSR count). The molecule has 0 aliphatic carbocycles. The number of nitrogens with zero attached hydrogens (tertiary/aromatic N) is 2. The van der Waals surface area contributed by atoms with Gasteiger partial charge in [0, 0.05) is 11.1 Å². The third-order valence-electron chi connectivity index (χ3n) is 1.97. The molecule has 0 fully saturated rings. The molecular weight excluding hydrogens is 228 g/mol. The zero-order valence-corrected chi connectivity index (χ0v) is 9.98. The zero-order valence-electron chi connectivity index (χ0n) is 8.40. The van der Waals surface area contributed by atoms with Crippen LogP contribution in [0.5, 0.6) is 0 Å².